The maximum Gasteiger partial charge on any atom is 0.124 e. The van der Waals surface area contributed by atoms with Crippen molar-refractivity contribution in [1.29, 1.82) is 0 Å². The van der Waals surface area contributed by atoms with Crippen LogP contribution in [0.15, 0.2) is 24.3 Å². The lowest BCUT2D eigenvalue weighted by Crippen LogP contribution is -2.15. The van der Waals surface area contributed by atoms with Gasteiger partial charge in [0.2, 0.25) is 0 Å². The van der Waals surface area contributed by atoms with Crippen molar-refractivity contribution in [2.24, 2.45) is 11.7 Å². The number of rotatable bonds is 6. The van der Waals surface area contributed by atoms with Gasteiger partial charge in [-0.3, -0.25) is 0 Å². The molecule has 0 saturated heterocycles. The number of hydrogen-bond acceptors (Lipinski definition) is 2. The van der Waals surface area contributed by atoms with Gasteiger partial charge in [-0.2, -0.15) is 0 Å². The molecule has 18 heavy (non-hydrogen) atoms. The first kappa shape index (κ1) is 17.3. The number of para-hydroxylation sites is 1. The van der Waals surface area contributed by atoms with E-state index in [1.807, 2.05) is 32.0 Å². The molecule has 2 nitrogen and oxygen atoms in total. The molecule has 0 heterocycles. The molecule has 1 aromatic carbocycles. The van der Waals surface area contributed by atoms with Crippen molar-refractivity contribution >= 4 is 12.4 Å². The number of hydrogen-bond donors (Lipinski definition) is 1. The number of nitrogens with two attached hydrogens (primary N) is 1. The van der Waals surface area contributed by atoms with Crippen LogP contribution in [0, 0.1) is 5.92 Å². The molecule has 104 valence electrons. The minimum Gasteiger partial charge on any atom is -0.491 e. The van der Waals surface area contributed by atoms with Crippen molar-refractivity contribution in [3.8, 4) is 5.75 Å². The van der Waals surface area contributed by atoms with Crippen LogP contribution in [0.3, 0.4) is 0 Å². The van der Waals surface area contributed by atoms with E-state index in [0.29, 0.717) is 5.92 Å². The monoisotopic (exact) mass is 271 g/mol. The first-order valence-electron chi connectivity index (χ1n) is 6.52. The molecule has 0 amide bonds. The molecule has 0 radical (unpaired) electrons. The third-order valence-corrected chi connectivity index (χ3v) is 2.74. The summed E-state index contributed by atoms with van der Waals surface area (Å²) in [5.74, 6) is 1.62. The quantitative estimate of drug-likeness (QED) is 0.836. The Hall–Kier alpha value is -0.730. The predicted octanol–water partition coefficient (Wildman–Crippen LogP) is 4.33. The van der Waals surface area contributed by atoms with Crippen LogP contribution in [0.4, 0.5) is 0 Å². The maximum atomic E-state index is 6.24. The molecule has 3 heteroatoms. The predicted molar refractivity (Wildman–Crippen MR) is 80.5 cm³/mol. The molecule has 1 rings (SSSR count). The number of halogens is 1. The third kappa shape index (κ3) is 5.74. The second kappa shape index (κ2) is 8.39. The Morgan fingerprint density at radius 3 is 2.22 bits per heavy atom. The van der Waals surface area contributed by atoms with Crippen molar-refractivity contribution in [3.63, 3.8) is 0 Å². The lowest BCUT2D eigenvalue weighted by Gasteiger charge is -2.19. The Balaban J connectivity index is 0.00000289. The van der Waals surface area contributed by atoms with Crippen LogP contribution in [-0.2, 0) is 0 Å². The van der Waals surface area contributed by atoms with Crippen molar-refractivity contribution in [1.82, 2.24) is 0 Å². The number of benzene rings is 1. The fourth-order valence-corrected chi connectivity index (χ4v) is 1.82. The topological polar surface area (TPSA) is 35.2 Å². The summed E-state index contributed by atoms with van der Waals surface area (Å²) in [6, 6.07) is 8.17. The zero-order valence-corrected chi connectivity index (χ0v) is 12.7. The number of ether oxygens (including phenoxy) is 1. The van der Waals surface area contributed by atoms with E-state index in [9.17, 15) is 0 Å². The normalized spacial score (nSPS) is 12.4. The van der Waals surface area contributed by atoms with E-state index in [-0.39, 0.29) is 24.6 Å². The van der Waals surface area contributed by atoms with Gasteiger partial charge in [-0.25, -0.2) is 0 Å². The van der Waals surface area contributed by atoms with Gasteiger partial charge in [0.15, 0.2) is 0 Å². The Labute approximate surface area is 117 Å². The molecule has 0 fully saturated rings. The second-order valence-electron chi connectivity index (χ2n) is 5.28. The van der Waals surface area contributed by atoms with Crippen LogP contribution in [0.5, 0.6) is 5.75 Å². The van der Waals surface area contributed by atoms with Gasteiger partial charge >= 0.3 is 0 Å². The van der Waals surface area contributed by atoms with Gasteiger partial charge in [-0.1, -0.05) is 32.0 Å². The third-order valence-electron chi connectivity index (χ3n) is 2.74. The molecular weight excluding hydrogens is 246 g/mol. The first-order valence-corrected chi connectivity index (χ1v) is 6.52. The van der Waals surface area contributed by atoms with Crippen LogP contribution in [0.2, 0.25) is 0 Å². The Morgan fingerprint density at radius 1 is 1.06 bits per heavy atom. The molecule has 0 aliphatic carbocycles. The summed E-state index contributed by atoms with van der Waals surface area (Å²) in [7, 11) is 0. The van der Waals surface area contributed by atoms with Gasteiger partial charge in [0.25, 0.3) is 0 Å². The highest BCUT2D eigenvalue weighted by molar-refractivity contribution is 5.85. The molecule has 0 bridgehead atoms. The summed E-state index contributed by atoms with van der Waals surface area (Å²) >= 11 is 0. The van der Waals surface area contributed by atoms with Crippen LogP contribution in [0.25, 0.3) is 0 Å². The summed E-state index contributed by atoms with van der Waals surface area (Å²) in [5, 5.41) is 0. The lowest BCUT2D eigenvalue weighted by molar-refractivity contribution is 0.238. The van der Waals surface area contributed by atoms with E-state index in [1.165, 1.54) is 0 Å². The van der Waals surface area contributed by atoms with E-state index < -0.39 is 0 Å². The van der Waals surface area contributed by atoms with Crippen LogP contribution < -0.4 is 10.5 Å². The molecule has 0 unspecified atom stereocenters. The van der Waals surface area contributed by atoms with Crippen molar-refractivity contribution in [3.05, 3.63) is 29.8 Å². The fraction of sp³-hybridized carbons (Fsp3) is 0.600. The van der Waals surface area contributed by atoms with Crippen molar-refractivity contribution < 1.29 is 4.74 Å². The average Bonchev–Trinajstić information content (AvgIpc) is 2.25. The molecule has 1 aromatic rings. The minimum absolute atomic E-state index is 0. The lowest BCUT2D eigenvalue weighted by atomic mass is 9.98. The van der Waals surface area contributed by atoms with Gasteiger partial charge in [-0.15, -0.1) is 12.4 Å². The standard InChI is InChI=1S/C15H25NO.ClH/c1-11(2)9-10-14(16)13-7-5-6-8-15(13)17-12(3)4;/h5-8,11-12,14H,9-10,16H2,1-4H3;1H/t14-;/m0./s1. The van der Waals surface area contributed by atoms with Crippen LogP contribution >= 0.6 is 12.4 Å². The zero-order chi connectivity index (χ0) is 12.8. The molecule has 1 atom stereocenters. The summed E-state index contributed by atoms with van der Waals surface area (Å²) in [6.07, 6.45) is 2.35. The molecule has 0 spiro atoms. The van der Waals surface area contributed by atoms with E-state index >= 15 is 0 Å². The Bertz CT molecular complexity index is 339. The average molecular weight is 272 g/mol. The molecule has 0 aromatic heterocycles. The molecular formula is C15H26ClNO. The van der Waals surface area contributed by atoms with E-state index in [2.05, 4.69) is 19.9 Å². The minimum atomic E-state index is 0. The molecule has 0 aliphatic heterocycles. The van der Waals surface area contributed by atoms with E-state index in [1.54, 1.807) is 0 Å². The summed E-state index contributed by atoms with van der Waals surface area (Å²) in [6.45, 7) is 8.53. The van der Waals surface area contributed by atoms with Gasteiger partial charge in [-0.05, 0) is 38.7 Å². The van der Waals surface area contributed by atoms with Crippen molar-refractivity contribution in [2.75, 3.05) is 0 Å². The SMILES string of the molecule is CC(C)CC[C@H](N)c1ccccc1OC(C)C.Cl. The van der Waals surface area contributed by atoms with Gasteiger partial charge in [0.05, 0.1) is 6.10 Å². The summed E-state index contributed by atoms with van der Waals surface area (Å²) < 4.78 is 5.79. The largest absolute Gasteiger partial charge is 0.491 e. The summed E-state index contributed by atoms with van der Waals surface area (Å²) in [4.78, 5) is 0. The first-order chi connectivity index (χ1) is 8.00. The highest BCUT2D eigenvalue weighted by Crippen LogP contribution is 2.28. The van der Waals surface area contributed by atoms with Crippen molar-refractivity contribution in [2.45, 2.75) is 52.7 Å². The van der Waals surface area contributed by atoms with Gasteiger partial charge < -0.3 is 10.5 Å². The smallest absolute Gasteiger partial charge is 0.124 e. The second-order valence-corrected chi connectivity index (χ2v) is 5.28. The van der Waals surface area contributed by atoms with Crippen LogP contribution in [0.1, 0.15) is 52.1 Å². The Kier molecular flexibility index (Phi) is 8.05. The summed E-state index contributed by atoms with van der Waals surface area (Å²) in [5.41, 5.74) is 7.37. The highest BCUT2D eigenvalue weighted by atomic mass is 35.5. The Morgan fingerprint density at radius 2 is 1.67 bits per heavy atom. The molecule has 0 saturated carbocycles. The van der Waals surface area contributed by atoms with E-state index in [0.717, 1.165) is 24.2 Å². The van der Waals surface area contributed by atoms with E-state index in [4.69, 9.17) is 10.5 Å². The zero-order valence-electron chi connectivity index (χ0n) is 11.8. The van der Waals surface area contributed by atoms with Crippen LogP contribution in [-0.4, -0.2) is 6.10 Å². The van der Waals surface area contributed by atoms with Gasteiger partial charge in [0.1, 0.15) is 5.75 Å². The van der Waals surface area contributed by atoms with Gasteiger partial charge in [0, 0.05) is 11.6 Å². The molecule has 0 aliphatic rings. The molecule has 2 N–H and O–H groups in total. The highest BCUT2D eigenvalue weighted by Gasteiger charge is 2.13. The maximum absolute atomic E-state index is 6.24. The fourth-order valence-electron chi connectivity index (χ4n) is 1.82.